The lowest BCUT2D eigenvalue weighted by atomic mass is 9.95. The van der Waals surface area contributed by atoms with Crippen LogP contribution in [0.5, 0.6) is 11.5 Å². The molecule has 0 radical (unpaired) electrons. The van der Waals surface area contributed by atoms with Crippen molar-refractivity contribution in [3.05, 3.63) is 66.7 Å². The van der Waals surface area contributed by atoms with Crippen LogP contribution < -0.4 is 19.7 Å². The Balaban J connectivity index is 1.29. The van der Waals surface area contributed by atoms with E-state index < -0.39 is 0 Å². The van der Waals surface area contributed by atoms with Crippen molar-refractivity contribution in [1.82, 2.24) is 14.6 Å². The Morgan fingerprint density at radius 1 is 1.06 bits per heavy atom. The molecule has 5 rings (SSSR count). The average Bonchev–Trinajstić information content (AvgIpc) is 3.33. The lowest BCUT2D eigenvalue weighted by Gasteiger charge is -2.32. The summed E-state index contributed by atoms with van der Waals surface area (Å²) in [5, 5.41) is 7.63. The Morgan fingerprint density at radius 3 is 2.54 bits per heavy atom. The van der Waals surface area contributed by atoms with E-state index in [0.29, 0.717) is 43.1 Å². The number of rotatable bonds is 6. The van der Waals surface area contributed by atoms with E-state index >= 15 is 0 Å². The van der Waals surface area contributed by atoms with E-state index in [2.05, 4.69) is 20.3 Å². The lowest BCUT2D eigenvalue weighted by Crippen LogP contribution is -2.38. The van der Waals surface area contributed by atoms with E-state index in [9.17, 15) is 9.18 Å². The zero-order valence-electron chi connectivity index (χ0n) is 19.6. The van der Waals surface area contributed by atoms with Crippen LogP contribution in [0, 0.1) is 11.7 Å². The first-order chi connectivity index (χ1) is 17.1. The van der Waals surface area contributed by atoms with Crippen LogP contribution in [-0.4, -0.2) is 47.8 Å². The molecule has 1 aliphatic heterocycles. The summed E-state index contributed by atoms with van der Waals surface area (Å²) < 4.78 is 25.7. The number of carbonyl (C=O) groups is 1. The number of nitrogens with one attached hydrogen (secondary N) is 1. The van der Waals surface area contributed by atoms with Gasteiger partial charge in [0.25, 0.3) is 0 Å². The van der Waals surface area contributed by atoms with E-state index in [1.165, 1.54) is 12.1 Å². The van der Waals surface area contributed by atoms with Crippen LogP contribution in [0.2, 0.25) is 0 Å². The summed E-state index contributed by atoms with van der Waals surface area (Å²) in [6.45, 7) is 1.38. The number of aromatic nitrogens is 3. The normalized spacial score (nSPS) is 14.2. The number of anilines is 2. The van der Waals surface area contributed by atoms with Crippen LogP contribution in [0.3, 0.4) is 0 Å². The molecule has 1 fully saturated rings. The fraction of sp³-hybridized carbons (Fsp3) is 0.269. The number of carbonyl (C=O) groups excluding carboxylic acids is 1. The second-order valence-corrected chi connectivity index (χ2v) is 8.43. The summed E-state index contributed by atoms with van der Waals surface area (Å²) in [5.74, 6) is 1.62. The summed E-state index contributed by atoms with van der Waals surface area (Å²) in [6.07, 6.45) is 4.91. The highest BCUT2D eigenvalue weighted by atomic mass is 19.1. The molecule has 35 heavy (non-hydrogen) atoms. The SMILES string of the molecule is COc1ccc(OC)c(NC(=O)C2CCN(c3nccn4nc(-c5ccc(F)cc5)cc34)CC2)c1. The predicted octanol–water partition coefficient (Wildman–Crippen LogP) is 4.41. The highest BCUT2D eigenvalue weighted by molar-refractivity contribution is 5.94. The molecule has 4 aromatic rings. The summed E-state index contributed by atoms with van der Waals surface area (Å²) in [5.41, 5.74) is 3.05. The Morgan fingerprint density at radius 2 is 1.83 bits per heavy atom. The third-order valence-corrected chi connectivity index (χ3v) is 6.34. The molecule has 2 aromatic heterocycles. The van der Waals surface area contributed by atoms with Crippen molar-refractivity contribution in [3.63, 3.8) is 0 Å². The van der Waals surface area contributed by atoms with Gasteiger partial charge in [0.15, 0.2) is 5.82 Å². The van der Waals surface area contributed by atoms with Crippen LogP contribution in [0.4, 0.5) is 15.9 Å². The smallest absolute Gasteiger partial charge is 0.227 e. The minimum absolute atomic E-state index is 0.0367. The van der Waals surface area contributed by atoms with E-state index in [0.717, 1.165) is 22.6 Å². The number of methoxy groups -OCH3 is 2. The van der Waals surface area contributed by atoms with Gasteiger partial charge < -0.3 is 19.7 Å². The van der Waals surface area contributed by atoms with Gasteiger partial charge in [0.1, 0.15) is 22.8 Å². The van der Waals surface area contributed by atoms with E-state index in [4.69, 9.17) is 9.47 Å². The third-order valence-electron chi connectivity index (χ3n) is 6.34. The first-order valence-electron chi connectivity index (χ1n) is 11.4. The van der Waals surface area contributed by atoms with Gasteiger partial charge in [0.2, 0.25) is 5.91 Å². The molecule has 0 atom stereocenters. The largest absolute Gasteiger partial charge is 0.497 e. The van der Waals surface area contributed by atoms with Crippen molar-refractivity contribution in [1.29, 1.82) is 0 Å². The number of halogens is 1. The third kappa shape index (κ3) is 4.62. The molecule has 0 aliphatic carbocycles. The number of benzene rings is 2. The maximum Gasteiger partial charge on any atom is 0.227 e. The maximum atomic E-state index is 13.3. The zero-order valence-corrected chi connectivity index (χ0v) is 19.6. The molecule has 180 valence electrons. The molecule has 0 bridgehead atoms. The molecule has 1 N–H and O–H groups in total. The van der Waals surface area contributed by atoms with Crippen molar-refractivity contribution < 1.29 is 18.7 Å². The zero-order chi connectivity index (χ0) is 24.4. The second-order valence-electron chi connectivity index (χ2n) is 8.43. The Labute approximate surface area is 202 Å². The minimum atomic E-state index is -0.281. The average molecular weight is 476 g/mol. The van der Waals surface area contributed by atoms with Gasteiger partial charge in [0, 0.05) is 43.0 Å². The molecule has 1 aliphatic rings. The number of hydrogen-bond acceptors (Lipinski definition) is 6. The van der Waals surface area contributed by atoms with Gasteiger partial charge in [-0.3, -0.25) is 4.79 Å². The van der Waals surface area contributed by atoms with E-state index in [1.807, 2.05) is 6.07 Å². The molecule has 1 amide bonds. The Kier molecular flexibility index (Phi) is 6.22. The monoisotopic (exact) mass is 475 g/mol. The molecule has 3 heterocycles. The first-order valence-corrected chi connectivity index (χ1v) is 11.4. The molecule has 1 saturated heterocycles. The highest BCUT2D eigenvalue weighted by Gasteiger charge is 2.27. The number of fused-ring (bicyclic) bond motifs is 1. The molecule has 0 spiro atoms. The maximum absolute atomic E-state index is 13.3. The number of hydrogen-bond donors (Lipinski definition) is 1. The van der Waals surface area contributed by atoms with Gasteiger partial charge in [-0.05, 0) is 55.3 Å². The van der Waals surface area contributed by atoms with Crippen molar-refractivity contribution >= 4 is 22.9 Å². The molecular weight excluding hydrogens is 449 g/mol. The van der Waals surface area contributed by atoms with Gasteiger partial charge in [-0.1, -0.05) is 0 Å². The molecule has 0 saturated carbocycles. The summed E-state index contributed by atoms with van der Waals surface area (Å²) >= 11 is 0. The Bertz CT molecular complexity index is 1350. The van der Waals surface area contributed by atoms with Gasteiger partial charge in [-0.25, -0.2) is 13.9 Å². The van der Waals surface area contributed by atoms with Crippen molar-refractivity contribution in [3.8, 4) is 22.8 Å². The van der Waals surface area contributed by atoms with Gasteiger partial charge >= 0.3 is 0 Å². The summed E-state index contributed by atoms with van der Waals surface area (Å²) in [7, 11) is 3.16. The number of nitrogens with zero attached hydrogens (tertiary/aromatic N) is 4. The number of ether oxygens (including phenoxy) is 2. The standard InChI is InChI=1S/C26H26FN5O3/c1-34-20-7-8-24(35-2)22(15-20)29-26(33)18-9-12-31(13-10-18)25-23-16-21(30-32(23)14-11-28-25)17-3-5-19(27)6-4-17/h3-8,11,14-16,18H,9-10,12-13H2,1-2H3,(H,29,33). The van der Waals surface area contributed by atoms with Crippen LogP contribution >= 0.6 is 0 Å². The number of piperidine rings is 1. The fourth-order valence-electron chi connectivity index (χ4n) is 4.41. The summed E-state index contributed by atoms with van der Waals surface area (Å²) in [6, 6.07) is 13.6. The highest BCUT2D eigenvalue weighted by Crippen LogP contribution is 2.32. The lowest BCUT2D eigenvalue weighted by molar-refractivity contribution is -0.120. The predicted molar refractivity (Wildman–Crippen MR) is 131 cm³/mol. The van der Waals surface area contributed by atoms with Gasteiger partial charge in [0.05, 0.1) is 25.6 Å². The molecule has 9 heteroatoms. The minimum Gasteiger partial charge on any atom is -0.497 e. The second kappa shape index (κ2) is 9.61. The van der Waals surface area contributed by atoms with Gasteiger partial charge in [-0.15, -0.1) is 0 Å². The van der Waals surface area contributed by atoms with E-state index in [1.54, 1.807) is 61.5 Å². The topological polar surface area (TPSA) is 81.0 Å². The van der Waals surface area contributed by atoms with Crippen molar-refractivity contribution in [2.45, 2.75) is 12.8 Å². The van der Waals surface area contributed by atoms with Crippen LogP contribution in [-0.2, 0) is 4.79 Å². The molecule has 8 nitrogen and oxygen atoms in total. The summed E-state index contributed by atoms with van der Waals surface area (Å²) in [4.78, 5) is 19.8. The fourth-order valence-corrected chi connectivity index (χ4v) is 4.41. The van der Waals surface area contributed by atoms with Crippen LogP contribution in [0.25, 0.3) is 16.8 Å². The van der Waals surface area contributed by atoms with Crippen LogP contribution in [0.1, 0.15) is 12.8 Å². The molecule has 2 aromatic carbocycles. The molecule has 0 unspecified atom stereocenters. The number of amides is 1. The van der Waals surface area contributed by atoms with Gasteiger partial charge in [-0.2, -0.15) is 5.10 Å². The van der Waals surface area contributed by atoms with Crippen molar-refractivity contribution in [2.75, 3.05) is 37.5 Å². The quantitative estimate of drug-likeness (QED) is 0.445. The van der Waals surface area contributed by atoms with Crippen LogP contribution in [0.15, 0.2) is 60.9 Å². The van der Waals surface area contributed by atoms with E-state index in [-0.39, 0.29) is 17.6 Å². The first kappa shape index (κ1) is 22.6. The van der Waals surface area contributed by atoms with Crippen molar-refractivity contribution in [2.24, 2.45) is 5.92 Å². The molecular formula is C26H26FN5O3. The Hall–Kier alpha value is -4.14.